The Balaban J connectivity index is 2.06. The third kappa shape index (κ3) is 2.21. The summed E-state index contributed by atoms with van der Waals surface area (Å²) >= 11 is 0. The highest BCUT2D eigenvalue weighted by atomic mass is 15.2. The highest BCUT2D eigenvalue weighted by Gasteiger charge is 2.15. The summed E-state index contributed by atoms with van der Waals surface area (Å²) in [5.74, 6) is 5.67. The molecule has 3 rings (SSSR count). The van der Waals surface area contributed by atoms with Gasteiger partial charge in [0, 0.05) is 24.8 Å². The highest BCUT2D eigenvalue weighted by molar-refractivity contribution is 5.79. The standard InChI is InChI=1S/C14H15N5/c1-19-8-13(17-9-19)14(18-15)11-5-4-10-3-2-6-16-12(10)7-11/h2-9,14,18H,15H2,1H3. The molecular weight excluding hydrogens is 238 g/mol. The zero-order chi connectivity index (χ0) is 13.2. The Kier molecular flexibility index (Phi) is 2.98. The van der Waals surface area contributed by atoms with E-state index in [1.165, 1.54) is 0 Å². The average molecular weight is 253 g/mol. The summed E-state index contributed by atoms with van der Waals surface area (Å²) in [6.45, 7) is 0. The number of hydrogen-bond acceptors (Lipinski definition) is 4. The van der Waals surface area contributed by atoms with Crippen molar-refractivity contribution in [2.75, 3.05) is 0 Å². The van der Waals surface area contributed by atoms with Gasteiger partial charge < -0.3 is 4.57 Å². The van der Waals surface area contributed by atoms with E-state index in [0.29, 0.717) is 0 Å². The molecule has 5 heteroatoms. The fraction of sp³-hybridized carbons (Fsp3) is 0.143. The summed E-state index contributed by atoms with van der Waals surface area (Å²) in [6, 6.07) is 9.97. The van der Waals surface area contributed by atoms with Gasteiger partial charge in [0.05, 0.1) is 23.6 Å². The maximum atomic E-state index is 5.67. The number of pyridine rings is 1. The topological polar surface area (TPSA) is 68.8 Å². The van der Waals surface area contributed by atoms with E-state index in [1.807, 2.05) is 48.1 Å². The largest absolute Gasteiger partial charge is 0.340 e. The molecule has 1 atom stereocenters. The molecule has 2 heterocycles. The van der Waals surface area contributed by atoms with Crippen molar-refractivity contribution in [2.45, 2.75) is 6.04 Å². The minimum atomic E-state index is -0.132. The monoisotopic (exact) mass is 253 g/mol. The molecule has 1 unspecified atom stereocenters. The van der Waals surface area contributed by atoms with Gasteiger partial charge in [-0.15, -0.1) is 0 Å². The fourth-order valence-electron chi connectivity index (χ4n) is 2.20. The van der Waals surface area contributed by atoms with Crippen LogP contribution in [0.5, 0.6) is 0 Å². The third-order valence-electron chi connectivity index (χ3n) is 3.15. The van der Waals surface area contributed by atoms with Crippen LogP contribution in [0.15, 0.2) is 49.1 Å². The van der Waals surface area contributed by atoms with Gasteiger partial charge in [-0.1, -0.05) is 18.2 Å². The van der Waals surface area contributed by atoms with Gasteiger partial charge in [-0.05, 0) is 17.7 Å². The average Bonchev–Trinajstić information content (AvgIpc) is 2.86. The van der Waals surface area contributed by atoms with Gasteiger partial charge in [-0.25, -0.2) is 10.4 Å². The van der Waals surface area contributed by atoms with Crippen molar-refractivity contribution in [3.05, 3.63) is 60.3 Å². The first-order valence-corrected chi connectivity index (χ1v) is 6.06. The van der Waals surface area contributed by atoms with Gasteiger partial charge >= 0.3 is 0 Å². The minimum absolute atomic E-state index is 0.132. The van der Waals surface area contributed by atoms with Crippen LogP contribution in [0, 0.1) is 0 Å². The number of imidazole rings is 1. The molecule has 0 radical (unpaired) electrons. The first kappa shape index (κ1) is 11.8. The molecule has 0 saturated heterocycles. The second-order valence-electron chi connectivity index (χ2n) is 4.52. The van der Waals surface area contributed by atoms with Gasteiger partial charge in [0.25, 0.3) is 0 Å². The summed E-state index contributed by atoms with van der Waals surface area (Å²) in [7, 11) is 1.94. The number of nitrogens with two attached hydrogens (primary N) is 1. The van der Waals surface area contributed by atoms with Crippen LogP contribution in [0.2, 0.25) is 0 Å². The molecule has 0 amide bonds. The molecule has 19 heavy (non-hydrogen) atoms. The molecule has 3 aromatic rings. The number of hydrogen-bond donors (Lipinski definition) is 2. The zero-order valence-corrected chi connectivity index (χ0v) is 10.6. The van der Waals surface area contributed by atoms with Crippen LogP contribution in [0.25, 0.3) is 10.9 Å². The van der Waals surface area contributed by atoms with Gasteiger partial charge in [0.1, 0.15) is 0 Å². The van der Waals surface area contributed by atoms with E-state index >= 15 is 0 Å². The number of nitrogens with one attached hydrogen (secondary N) is 1. The number of rotatable bonds is 3. The van der Waals surface area contributed by atoms with Crippen molar-refractivity contribution in [1.29, 1.82) is 0 Å². The Morgan fingerprint density at radius 2 is 2.16 bits per heavy atom. The minimum Gasteiger partial charge on any atom is -0.340 e. The molecule has 0 aliphatic rings. The van der Waals surface area contributed by atoms with Crippen LogP contribution in [0.4, 0.5) is 0 Å². The Morgan fingerprint density at radius 1 is 1.26 bits per heavy atom. The lowest BCUT2D eigenvalue weighted by molar-refractivity contribution is 0.623. The van der Waals surface area contributed by atoms with Crippen LogP contribution in [-0.4, -0.2) is 14.5 Å². The highest BCUT2D eigenvalue weighted by Crippen LogP contribution is 2.22. The number of nitrogens with zero attached hydrogens (tertiary/aromatic N) is 3. The van der Waals surface area contributed by atoms with E-state index in [-0.39, 0.29) is 6.04 Å². The summed E-state index contributed by atoms with van der Waals surface area (Å²) in [5.41, 5.74) is 5.70. The maximum absolute atomic E-state index is 5.67. The van der Waals surface area contributed by atoms with Crippen molar-refractivity contribution in [3.63, 3.8) is 0 Å². The van der Waals surface area contributed by atoms with Crippen molar-refractivity contribution < 1.29 is 0 Å². The van der Waals surface area contributed by atoms with Gasteiger partial charge in [-0.2, -0.15) is 0 Å². The number of aryl methyl sites for hydroxylation is 1. The molecule has 0 fully saturated rings. The van der Waals surface area contributed by atoms with E-state index in [0.717, 1.165) is 22.2 Å². The van der Waals surface area contributed by atoms with E-state index < -0.39 is 0 Å². The molecule has 2 aromatic heterocycles. The summed E-state index contributed by atoms with van der Waals surface area (Å²) in [4.78, 5) is 8.71. The van der Waals surface area contributed by atoms with E-state index in [9.17, 15) is 0 Å². The molecule has 0 saturated carbocycles. The molecule has 0 bridgehead atoms. The number of fused-ring (bicyclic) bond motifs is 1. The maximum Gasteiger partial charge on any atom is 0.0947 e. The van der Waals surface area contributed by atoms with Crippen molar-refractivity contribution in [2.24, 2.45) is 12.9 Å². The number of aromatic nitrogens is 3. The van der Waals surface area contributed by atoms with Crippen LogP contribution < -0.4 is 11.3 Å². The Hall–Kier alpha value is -2.24. The van der Waals surface area contributed by atoms with E-state index in [1.54, 1.807) is 12.5 Å². The molecule has 0 spiro atoms. The van der Waals surface area contributed by atoms with Crippen molar-refractivity contribution >= 4 is 10.9 Å². The molecule has 96 valence electrons. The van der Waals surface area contributed by atoms with Gasteiger partial charge in [0.2, 0.25) is 0 Å². The molecule has 5 nitrogen and oxygen atoms in total. The molecule has 0 aliphatic carbocycles. The predicted octanol–water partition coefficient (Wildman–Crippen LogP) is 1.52. The first-order chi connectivity index (χ1) is 9.28. The fourth-order valence-corrected chi connectivity index (χ4v) is 2.20. The second-order valence-corrected chi connectivity index (χ2v) is 4.52. The molecule has 0 aliphatic heterocycles. The van der Waals surface area contributed by atoms with Crippen LogP contribution in [0.3, 0.4) is 0 Å². The van der Waals surface area contributed by atoms with Crippen LogP contribution in [0.1, 0.15) is 17.3 Å². The van der Waals surface area contributed by atoms with Gasteiger partial charge in [-0.3, -0.25) is 10.8 Å². The number of hydrazine groups is 1. The first-order valence-electron chi connectivity index (χ1n) is 6.06. The predicted molar refractivity (Wildman–Crippen MR) is 74.1 cm³/mol. The van der Waals surface area contributed by atoms with Crippen molar-refractivity contribution in [1.82, 2.24) is 20.0 Å². The Labute approximate surface area is 111 Å². The summed E-state index contributed by atoms with van der Waals surface area (Å²) < 4.78 is 1.90. The lowest BCUT2D eigenvalue weighted by atomic mass is 10.0. The zero-order valence-electron chi connectivity index (χ0n) is 10.6. The lowest BCUT2D eigenvalue weighted by Gasteiger charge is -2.14. The van der Waals surface area contributed by atoms with Crippen LogP contribution in [-0.2, 0) is 7.05 Å². The summed E-state index contributed by atoms with van der Waals surface area (Å²) in [5, 5.41) is 1.11. The quantitative estimate of drug-likeness (QED) is 0.548. The second kappa shape index (κ2) is 4.79. The summed E-state index contributed by atoms with van der Waals surface area (Å²) in [6.07, 6.45) is 5.50. The van der Waals surface area contributed by atoms with Crippen LogP contribution >= 0.6 is 0 Å². The normalized spacial score (nSPS) is 12.7. The van der Waals surface area contributed by atoms with E-state index in [4.69, 9.17) is 5.84 Å². The molecule has 3 N–H and O–H groups in total. The molecule has 1 aromatic carbocycles. The SMILES string of the molecule is Cn1cnc(C(NN)c2ccc3cccnc3c2)c1. The van der Waals surface area contributed by atoms with Crippen molar-refractivity contribution in [3.8, 4) is 0 Å². The Bertz CT molecular complexity index is 704. The smallest absolute Gasteiger partial charge is 0.0947 e. The molecular formula is C14H15N5. The third-order valence-corrected chi connectivity index (χ3v) is 3.15. The lowest BCUT2D eigenvalue weighted by Crippen LogP contribution is -2.29. The van der Waals surface area contributed by atoms with E-state index in [2.05, 4.69) is 15.4 Å². The van der Waals surface area contributed by atoms with Gasteiger partial charge in [0.15, 0.2) is 0 Å². The number of benzene rings is 1. The Morgan fingerprint density at radius 3 is 2.89 bits per heavy atom.